The number of carbonyl (C=O) groups is 1. The highest BCUT2D eigenvalue weighted by Crippen LogP contribution is 2.61. The molecule has 0 heterocycles. The smallest absolute Gasteiger partial charge is 0.338 e. The minimum atomic E-state index is -4.00. The molecule has 0 radical (unpaired) electrons. The third-order valence-corrected chi connectivity index (χ3v) is 9.25. The van der Waals surface area contributed by atoms with Crippen LogP contribution in [0.4, 0.5) is 0 Å². The van der Waals surface area contributed by atoms with Gasteiger partial charge in [0.25, 0.3) is 0 Å². The van der Waals surface area contributed by atoms with Crippen molar-refractivity contribution in [1.29, 1.82) is 0 Å². The van der Waals surface area contributed by atoms with Crippen LogP contribution in [0.2, 0.25) is 0 Å². The van der Waals surface area contributed by atoms with Gasteiger partial charge in [-0.3, -0.25) is 0 Å². The topological polar surface area (TPSA) is 147 Å². The van der Waals surface area contributed by atoms with Crippen LogP contribution in [0.25, 0.3) is 0 Å². The number of phenolic OH excluding ortho intramolecular Hbond substituents is 1. The molecule has 3 aliphatic carbocycles. The maximum absolute atomic E-state index is 13.0. The van der Waals surface area contributed by atoms with E-state index in [9.17, 15) is 28.5 Å². The fraction of sp³-hybridized carbons (Fsp3) is 0.480. The van der Waals surface area contributed by atoms with E-state index in [4.69, 9.17) is 9.88 Å². The Morgan fingerprint density at radius 2 is 1.91 bits per heavy atom. The molecule has 182 valence electrons. The quantitative estimate of drug-likeness (QED) is 0.485. The zero-order chi connectivity index (χ0) is 24.4. The predicted molar refractivity (Wildman–Crippen MR) is 123 cm³/mol. The highest BCUT2D eigenvalue weighted by Gasteiger charge is 2.64. The molecule has 2 aromatic rings. The maximum atomic E-state index is 13.0. The van der Waals surface area contributed by atoms with Gasteiger partial charge in [0.05, 0.1) is 16.6 Å². The average molecular weight is 488 g/mol. The summed E-state index contributed by atoms with van der Waals surface area (Å²) in [6, 6.07) is 10.7. The molecule has 34 heavy (non-hydrogen) atoms. The number of aliphatic hydroxyl groups is 2. The van der Waals surface area contributed by atoms with Crippen molar-refractivity contribution in [2.45, 2.75) is 61.7 Å². The first-order valence-corrected chi connectivity index (χ1v) is 13.1. The van der Waals surface area contributed by atoms with Gasteiger partial charge < -0.3 is 20.1 Å². The van der Waals surface area contributed by atoms with Crippen LogP contribution in [0.1, 0.15) is 53.6 Å². The molecule has 0 aromatic heterocycles. The van der Waals surface area contributed by atoms with E-state index < -0.39 is 39.7 Å². The Morgan fingerprint density at radius 3 is 2.65 bits per heavy atom. The maximum Gasteiger partial charge on any atom is 0.338 e. The number of fused-ring (bicyclic) bond motifs is 5. The van der Waals surface area contributed by atoms with Gasteiger partial charge in [-0.2, -0.15) is 0 Å². The highest BCUT2D eigenvalue weighted by atomic mass is 32.2. The van der Waals surface area contributed by atoms with E-state index in [1.807, 2.05) is 13.0 Å². The molecule has 5 rings (SSSR count). The number of aromatic hydroxyl groups is 1. The lowest BCUT2D eigenvalue weighted by Crippen LogP contribution is -2.47. The summed E-state index contributed by atoms with van der Waals surface area (Å²) >= 11 is 0. The number of nitrogens with two attached hydrogens (primary N) is 1. The zero-order valence-electron chi connectivity index (χ0n) is 18.8. The lowest BCUT2D eigenvalue weighted by atomic mass is 9.55. The molecule has 0 amide bonds. The molecule has 3 aliphatic rings. The van der Waals surface area contributed by atoms with Gasteiger partial charge in [0.2, 0.25) is 10.0 Å². The van der Waals surface area contributed by atoms with Crippen molar-refractivity contribution >= 4 is 16.0 Å². The van der Waals surface area contributed by atoms with Crippen LogP contribution in [0.5, 0.6) is 5.75 Å². The van der Waals surface area contributed by atoms with Crippen molar-refractivity contribution in [1.82, 2.24) is 0 Å². The molecule has 4 unspecified atom stereocenters. The van der Waals surface area contributed by atoms with Crippen molar-refractivity contribution in [2.24, 2.45) is 22.4 Å². The van der Waals surface area contributed by atoms with Crippen LogP contribution >= 0.6 is 0 Å². The molecule has 0 aliphatic heterocycles. The van der Waals surface area contributed by atoms with Gasteiger partial charge in [-0.05, 0) is 79.0 Å². The summed E-state index contributed by atoms with van der Waals surface area (Å²) in [6.07, 6.45) is -0.204. The Bertz CT molecular complexity index is 1250. The third-order valence-electron chi connectivity index (χ3n) is 8.34. The standard InChI is InChI=1S/C25H29NO7S/c1-25-10-9-18-17-8-6-15(27)11-13(17)5-7-19(18)20(25)22(21(28)23(25)29)33-24(30)14-3-2-4-16(12-14)34(26,31)32/h2-4,6,8,11-12,18-23,27-29H,5,7,9-10H2,1H3,(H2,26,31,32)/t18?,19?,20?,21-,22?,23+,25+/m1/s1. The SMILES string of the molecule is C[C@]12CCC3c4ccc(O)cc4CCC3C1C(OC(=O)c1cccc(S(N)(=O)=O)c1)[C@@H](O)[C@@H]2O. The molecule has 8 nitrogen and oxygen atoms in total. The van der Waals surface area contributed by atoms with Crippen LogP contribution in [0.3, 0.4) is 0 Å². The summed E-state index contributed by atoms with van der Waals surface area (Å²) in [5.74, 6) is -0.557. The van der Waals surface area contributed by atoms with E-state index in [0.29, 0.717) is 6.42 Å². The number of sulfonamides is 1. The molecular weight excluding hydrogens is 458 g/mol. The summed E-state index contributed by atoms with van der Waals surface area (Å²) in [4.78, 5) is 12.8. The summed E-state index contributed by atoms with van der Waals surface area (Å²) in [7, 11) is -4.00. The second kappa shape index (κ2) is 8.05. The number of hydrogen-bond donors (Lipinski definition) is 4. The van der Waals surface area contributed by atoms with E-state index in [1.165, 1.54) is 18.2 Å². The first-order chi connectivity index (χ1) is 16.0. The number of rotatable bonds is 3. The van der Waals surface area contributed by atoms with Gasteiger partial charge in [0, 0.05) is 11.3 Å². The van der Waals surface area contributed by atoms with E-state index in [1.54, 1.807) is 12.1 Å². The number of aliphatic hydroxyl groups excluding tert-OH is 2. The van der Waals surface area contributed by atoms with Crippen molar-refractivity contribution < 1.29 is 33.3 Å². The molecule has 0 bridgehead atoms. The Labute approximate surface area is 198 Å². The number of ether oxygens (including phenoxy) is 1. The van der Waals surface area contributed by atoms with E-state index >= 15 is 0 Å². The number of carbonyl (C=O) groups excluding carboxylic acids is 1. The van der Waals surface area contributed by atoms with Gasteiger partial charge in [0.15, 0.2) is 0 Å². The first kappa shape index (κ1) is 23.3. The highest BCUT2D eigenvalue weighted by molar-refractivity contribution is 7.89. The van der Waals surface area contributed by atoms with E-state index in [-0.39, 0.29) is 34.0 Å². The molecule has 7 atom stereocenters. The van der Waals surface area contributed by atoms with Crippen LogP contribution < -0.4 is 5.14 Å². The van der Waals surface area contributed by atoms with Crippen LogP contribution in [-0.2, 0) is 21.2 Å². The Kier molecular flexibility index (Phi) is 5.51. The number of hydrogen-bond acceptors (Lipinski definition) is 7. The first-order valence-electron chi connectivity index (χ1n) is 11.5. The largest absolute Gasteiger partial charge is 0.508 e. The summed E-state index contributed by atoms with van der Waals surface area (Å²) in [6.45, 7) is 1.95. The second-order valence-corrected chi connectivity index (χ2v) is 11.7. The molecular formula is C25H29NO7S. The minimum Gasteiger partial charge on any atom is -0.508 e. The van der Waals surface area contributed by atoms with Crippen molar-refractivity contribution in [3.05, 3.63) is 59.2 Å². The van der Waals surface area contributed by atoms with Gasteiger partial charge in [0.1, 0.15) is 18.0 Å². The molecule has 2 fully saturated rings. The number of benzene rings is 2. The number of esters is 1. The van der Waals surface area contributed by atoms with Crippen molar-refractivity contribution in [2.75, 3.05) is 0 Å². The van der Waals surface area contributed by atoms with E-state index in [2.05, 4.69) is 0 Å². The Hall–Kier alpha value is -2.46. The lowest BCUT2D eigenvalue weighted by molar-refractivity contribution is -0.0519. The zero-order valence-corrected chi connectivity index (χ0v) is 19.6. The Morgan fingerprint density at radius 1 is 1.15 bits per heavy atom. The van der Waals surface area contributed by atoms with Gasteiger partial charge >= 0.3 is 5.97 Å². The predicted octanol–water partition coefficient (Wildman–Crippen LogP) is 2.06. The fourth-order valence-corrected chi connectivity index (χ4v) is 7.29. The lowest BCUT2D eigenvalue weighted by Gasteiger charge is -2.50. The van der Waals surface area contributed by atoms with Crippen LogP contribution in [0.15, 0.2) is 47.4 Å². The number of aryl methyl sites for hydroxylation is 1. The third kappa shape index (κ3) is 3.62. The second-order valence-electron chi connectivity index (χ2n) is 10.1. The summed E-state index contributed by atoms with van der Waals surface area (Å²) < 4.78 is 29.2. The van der Waals surface area contributed by atoms with Crippen LogP contribution in [0, 0.1) is 17.3 Å². The average Bonchev–Trinajstić information content (AvgIpc) is 2.99. The molecule has 9 heteroatoms. The summed E-state index contributed by atoms with van der Waals surface area (Å²) in [5, 5.41) is 37.1. The Balaban J connectivity index is 1.47. The van der Waals surface area contributed by atoms with Gasteiger partial charge in [-0.15, -0.1) is 0 Å². The number of primary sulfonamides is 1. The van der Waals surface area contributed by atoms with Crippen LogP contribution in [-0.4, -0.2) is 48.0 Å². The number of phenols is 1. The minimum absolute atomic E-state index is 0.0126. The van der Waals surface area contributed by atoms with Crippen molar-refractivity contribution in [3.63, 3.8) is 0 Å². The normalized spacial score (nSPS) is 34.6. The monoisotopic (exact) mass is 487 g/mol. The van der Waals surface area contributed by atoms with Gasteiger partial charge in [-0.25, -0.2) is 18.4 Å². The fourth-order valence-electron chi connectivity index (χ4n) is 6.73. The molecule has 0 spiro atoms. The summed E-state index contributed by atoms with van der Waals surface area (Å²) in [5.41, 5.74) is 1.66. The molecule has 5 N–H and O–H groups in total. The molecule has 2 aromatic carbocycles. The van der Waals surface area contributed by atoms with Gasteiger partial charge in [-0.1, -0.05) is 19.1 Å². The molecule has 2 saturated carbocycles. The van der Waals surface area contributed by atoms with Crippen molar-refractivity contribution in [3.8, 4) is 5.75 Å². The van der Waals surface area contributed by atoms with E-state index in [0.717, 1.165) is 36.5 Å². The molecule has 0 saturated heterocycles.